The summed E-state index contributed by atoms with van der Waals surface area (Å²) in [6.07, 6.45) is 8.68. The third-order valence-corrected chi connectivity index (χ3v) is 17.3. The van der Waals surface area contributed by atoms with E-state index in [0.29, 0.717) is 12.8 Å². The lowest BCUT2D eigenvalue weighted by Crippen LogP contribution is -2.63. The Bertz CT molecular complexity index is 1350. The number of hydrogen-bond acceptors (Lipinski definition) is 8. The summed E-state index contributed by atoms with van der Waals surface area (Å²) in [6, 6.07) is -0.586. The molecule has 4 unspecified atom stereocenters. The minimum Gasteiger partial charge on any atom is -0.462 e. The molecule has 5 aliphatic carbocycles. The topological polar surface area (TPSA) is 114 Å². The van der Waals surface area contributed by atoms with E-state index in [-0.39, 0.29) is 81.5 Å². The summed E-state index contributed by atoms with van der Waals surface area (Å²) in [5, 5.41) is 23.1. The van der Waals surface area contributed by atoms with Crippen molar-refractivity contribution < 1.29 is 34.0 Å². The first-order valence-electron chi connectivity index (χ1n) is 20.4. The van der Waals surface area contributed by atoms with Crippen LogP contribution in [-0.4, -0.2) is 63.8 Å². The standard InChI is InChI=1S/C42H70ClNO7/c1-12-24(3)20-31(46)49-27-21-28-39(10)22-26(45)33(40(11)16-14-30(51-40)37(7,8)48)38(39,9)18-19-41(28)23-42(41)17-15-29(36(5,6)34(27)42)50-35(47)32(44-43)25(4)13-2/h24-30,32-34,44-45,48H,12-23H2,1-11H3/t24-,25?,26-,27-,28?,29-,30-,32-,33-,34-,38+,39-,40+,41?,42?/m0/s1. The molecule has 0 amide bonds. The van der Waals surface area contributed by atoms with Crippen molar-refractivity contribution in [2.75, 3.05) is 0 Å². The van der Waals surface area contributed by atoms with Crippen LogP contribution < -0.4 is 4.84 Å². The molecule has 292 valence electrons. The fourth-order valence-electron chi connectivity index (χ4n) is 13.9. The van der Waals surface area contributed by atoms with E-state index in [1.807, 2.05) is 27.7 Å². The number of nitrogens with one attached hydrogen (secondary N) is 1. The number of rotatable bonds is 11. The van der Waals surface area contributed by atoms with Crippen molar-refractivity contribution in [3.63, 3.8) is 0 Å². The molecular weight excluding hydrogens is 666 g/mol. The molecule has 6 rings (SSSR count). The van der Waals surface area contributed by atoms with Gasteiger partial charge in [-0.05, 0) is 130 Å². The van der Waals surface area contributed by atoms with Gasteiger partial charge < -0.3 is 24.4 Å². The van der Waals surface area contributed by atoms with Gasteiger partial charge >= 0.3 is 11.9 Å². The maximum absolute atomic E-state index is 13.7. The number of carbonyl (C=O) groups is 2. The minimum absolute atomic E-state index is 0.0162. The molecule has 3 N–H and O–H groups in total. The summed E-state index contributed by atoms with van der Waals surface area (Å²) in [5.41, 5.74) is -2.19. The van der Waals surface area contributed by atoms with E-state index in [9.17, 15) is 19.8 Å². The fraction of sp³-hybridized carbons (Fsp3) is 0.952. The summed E-state index contributed by atoms with van der Waals surface area (Å²) >= 11 is 6.09. The van der Waals surface area contributed by atoms with Crippen molar-refractivity contribution >= 4 is 23.7 Å². The van der Waals surface area contributed by atoms with E-state index in [2.05, 4.69) is 53.3 Å². The Morgan fingerprint density at radius 1 is 0.941 bits per heavy atom. The highest BCUT2D eigenvalue weighted by molar-refractivity contribution is 6.14. The lowest BCUT2D eigenvalue weighted by Gasteiger charge is -2.64. The molecule has 5 saturated carbocycles. The second-order valence-corrected chi connectivity index (χ2v) is 20.7. The lowest BCUT2D eigenvalue weighted by atomic mass is 9.41. The van der Waals surface area contributed by atoms with Gasteiger partial charge in [0, 0.05) is 23.7 Å². The summed E-state index contributed by atoms with van der Waals surface area (Å²) < 4.78 is 19.9. The number of ether oxygens (including phenoxy) is 3. The van der Waals surface area contributed by atoms with Gasteiger partial charge in [-0.3, -0.25) is 9.59 Å². The van der Waals surface area contributed by atoms with Crippen LogP contribution in [0.4, 0.5) is 0 Å². The SMILES string of the molecule is CCC(C)[C@H](NCl)C(=O)O[C@H]1CCC23CC24CC[C@]2(C)[C@@H]([C@@]5(C)CC[C@@H](C(C)(C)O)O5)[C@@H](O)C[C@@]2(C)C4C[C@H](OC(=O)C[C@@H](C)CC)[C@H]3C1(C)C. The van der Waals surface area contributed by atoms with Gasteiger partial charge in [0.1, 0.15) is 18.2 Å². The number of carbonyl (C=O) groups excluding carboxylic acids is 2. The second kappa shape index (κ2) is 13.1. The van der Waals surface area contributed by atoms with Crippen LogP contribution in [0.5, 0.6) is 0 Å². The first-order chi connectivity index (χ1) is 23.6. The molecule has 1 saturated heterocycles. The number of fused-ring (bicyclic) bond motifs is 2. The van der Waals surface area contributed by atoms with E-state index < -0.39 is 28.8 Å². The largest absolute Gasteiger partial charge is 0.462 e. The third-order valence-electron chi connectivity index (χ3n) is 17.1. The molecule has 15 atom stereocenters. The van der Waals surface area contributed by atoms with Crippen molar-refractivity contribution in [2.24, 2.45) is 56.7 Å². The lowest BCUT2D eigenvalue weighted by molar-refractivity contribution is -0.225. The van der Waals surface area contributed by atoms with E-state index in [1.165, 1.54) is 0 Å². The molecule has 0 aromatic heterocycles. The van der Waals surface area contributed by atoms with Gasteiger partial charge in [0.15, 0.2) is 0 Å². The Hall–Kier alpha value is -0.930. The van der Waals surface area contributed by atoms with Gasteiger partial charge in [0.2, 0.25) is 0 Å². The Labute approximate surface area is 313 Å². The molecule has 1 heterocycles. The first-order valence-corrected chi connectivity index (χ1v) is 20.8. The molecule has 0 bridgehead atoms. The minimum atomic E-state index is -0.942. The zero-order valence-electron chi connectivity index (χ0n) is 33.6. The third kappa shape index (κ3) is 5.87. The molecular formula is C42H70ClNO7. The maximum atomic E-state index is 13.7. The van der Waals surface area contributed by atoms with E-state index in [4.69, 9.17) is 26.0 Å². The van der Waals surface area contributed by atoms with Crippen molar-refractivity contribution in [2.45, 2.75) is 195 Å². The van der Waals surface area contributed by atoms with E-state index >= 15 is 0 Å². The van der Waals surface area contributed by atoms with Gasteiger partial charge in [-0.15, -0.1) is 0 Å². The van der Waals surface area contributed by atoms with Crippen LogP contribution >= 0.6 is 11.8 Å². The Morgan fingerprint density at radius 3 is 2.22 bits per heavy atom. The molecule has 6 fully saturated rings. The van der Waals surface area contributed by atoms with Gasteiger partial charge in [-0.2, -0.15) is 0 Å². The molecule has 1 aliphatic heterocycles. The van der Waals surface area contributed by atoms with Crippen LogP contribution in [0.1, 0.15) is 153 Å². The highest BCUT2D eigenvalue weighted by atomic mass is 35.5. The van der Waals surface area contributed by atoms with Crippen molar-refractivity contribution in [3.05, 3.63) is 0 Å². The van der Waals surface area contributed by atoms with Gasteiger partial charge in [0.05, 0.1) is 23.4 Å². The van der Waals surface area contributed by atoms with Gasteiger partial charge in [-0.1, -0.05) is 68.2 Å². The van der Waals surface area contributed by atoms with Crippen LogP contribution in [0.15, 0.2) is 0 Å². The van der Waals surface area contributed by atoms with E-state index in [1.54, 1.807) is 0 Å². The molecule has 6 aliphatic rings. The smallest absolute Gasteiger partial charge is 0.324 e. The predicted octanol–water partition coefficient (Wildman–Crippen LogP) is 8.13. The summed E-state index contributed by atoms with van der Waals surface area (Å²) in [6.45, 7) is 23.4. The van der Waals surface area contributed by atoms with Crippen LogP contribution in [0.3, 0.4) is 0 Å². The summed E-state index contributed by atoms with van der Waals surface area (Å²) in [5.74, 6) is 0.112. The monoisotopic (exact) mass is 735 g/mol. The zero-order chi connectivity index (χ0) is 37.7. The zero-order valence-corrected chi connectivity index (χ0v) is 34.3. The molecule has 0 aromatic carbocycles. The number of aliphatic hydroxyl groups excluding tert-OH is 1. The number of hydrogen-bond donors (Lipinski definition) is 3. The number of esters is 2. The molecule has 9 heteroatoms. The van der Waals surface area contributed by atoms with Gasteiger partial charge in [-0.25, -0.2) is 4.84 Å². The Balaban J connectivity index is 1.35. The first kappa shape index (κ1) is 39.8. The Kier molecular flexibility index (Phi) is 10.2. The van der Waals surface area contributed by atoms with Crippen molar-refractivity contribution in [1.29, 1.82) is 0 Å². The molecule has 0 aromatic rings. The number of halogens is 1. The van der Waals surface area contributed by atoms with E-state index in [0.717, 1.165) is 64.2 Å². The van der Waals surface area contributed by atoms with Crippen LogP contribution in [0.2, 0.25) is 0 Å². The average Bonchev–Trinajstić information content (AvgIpc) is 3.40. The molecule has 0 radical (unpaired) electrons. The van der Waals surface area contributed by atoms with Crippen LogP contribution in [0, 0.1) is 56.7 Å². The second-order valence-electron chi connectivity index (χ2n) is 20.5. The highest BCUT2D eigenvalue weighted by Gasteiger charge is 2.85. The summed E-state index contributed by atoms with van der Waals surface area (Å²) in [7, 11) is 0. The highest BCUT2D eigenvalue weighted by Crippen LogP contribution is 2.89. The molecule has 8 nitrogen and oxygen atoms in total. The Morgan fingerprint density at radius 2 is 1.63 bits per heavy atom. The van der Waals surface area contributed by atoms with Gasteiger partial charge in [0.25, 0.3) is 0 Å². The quantitative estimate of drug-likeness (QED) is 0.144. The molecule has 2 spiro atoms. The predicted molar refractivity (Wildman–Crippen MR) is 199 cm³/mol. The van der Waals surface area contributed by atoms with Crippen LogP contribution in [-0.2, 0) is 23.8 Å². The van der Waals surface area contributed by atoms with Crippen molar-refractivity contribution in [3.8, 4) is 0 Å². The number of aliphatic hydroxyl groups is 2. The maximum Gasteiger partial charge on any atom is 0.324 e. The fourth-order valence-corrected chi connectivity index (χ4v) is 14.2. The normalized spacial score (nSPS) is 47.2. The summed E-state index contributed by atoms with van der Waals surface area (Å²) in [4.78, 5) is 30.0. The van der Waals surface area contributed by atoms with Crippen molar-refractivity contribution in [1.82, 2.24) is 4.84 Å². The average molecular weight is 736 g/mol. The van der Waals surface area contributed by atoms with Crippen LogP contribution in [0.25, 0.3) is 0 Å². The molecule has 51 heavy (non-hydrogen) atoms.